The number of hydrogen-bond acceptors (Lipinski definition) is 13. The zero-order valence-corrected chi connectivity index (χ0v) is 25.2. The maximum Gasteiger partial charge on any atom is 0.306 e. The second kappa shape index (κ2) is 13.4. The highest BCUT2D eigenvalue weighted by molar-refractivity contribution is 6.10. The SMILES string of the molecule is CC.CC.O=C1c2cccc(OCc3ccc(C(O)(O)N4CCOCC4)cc3F)c2CN1C1(O)C(=O)NC(=O)C(O)(O)C1(O)O. The second-order valence-corrected chi connectivity index (χ2v) is 9.80. The number of fused-ring (bicyclic) bond motifs is 1. The molecule has 2 fully saturated rings. The fourth-order valence-electron chi connectivity index (χ4n) is 4.94. The molecule has 248 valence electrons. The number of aliphatic hydroxyl groups is 7. The normalized spacial score (nSPS) is 22.4. The predicted octanol–water partition coefficient (Wildman–Crippen LogP) is -1.45. The second-order valence-electron chi connectivity index (χ2n) is 9.80. The van der Waals surface area contributed by atoms with Gasteiger partial charge in [0.05, 0.1) is 19.8 Å². The summed E-state index contributed by atoms with van der Waals surface area (Å²) < 4.78 is 25.8. The Morgan fingerprint density at radius 3 is 2.18 bits per heavy atom. The van der Waals surface area contributed by atoms with Gasteiger partial charge in [-0.2, -0.15) is 0 Å². The quantitative estimate of drug-likeness (QED) is 0.134. The number of nitrogens with zero attached hydrogens (tertiary/aromatic N) is 2. The van der Waals surface area contributed by atoms with Crippen LogP contribution in [0.4, 0.5) is 4.39 Å². The number of hydrogen-bond donors (Lipinski definition) is 8. The van der Waals surface area contributed by atoms with E-state index in [1.54, 1.807) is 0 Å². The van der Waals surface area contributed by atoms with Gasteiger partial charge in [0.1, 0.15) is 18.2 Å². The molecule has 0 radical (unpaired) electrons. The summed E-state index contributed by atoms with van der Waals surface area (Å²) >= 11 is 0. The molecule has 15 nitrogen and oxygen atoms in total. The van der Waals surface area contributed by atoms with Crippen molar-refractivity contribution in [2.75, 3.05) is 26.3 Å². The van der Waals surface area contributed by atoms with Gasteiger partial charge in [0, 0.05) is 35.3 Å². The third-order valence-electron chi connectivity index (χ3n) is 7.42. The fraction of sp³-hybridized carbons (Fsp3) is 0.483. The molecule has 3 aliphatic heterocycles. The number of nitrogens with one attached hydrogen (secondary N) is 1. The smallest absolute Gasteiger partial charge is 0.306 e. The lowest BCUT2D eigenvalue weighted by Crippen LogP contribution is -2.85. The van der Waals surface area contributed by atoms with E-state index in [0.717, 1.165) is 6.07 Å². The minimum atomic E-state index is -4.25. The molecule has 3 aliphatic rings. The molecule has 0 aromatic heterocycles. The molecule has 3 amide bonds. The van der Waals surface area contributed by atoms with Gasteiger partial charge in [0.15, 0.2) is 0 Å². The first-order valence-corrected chi connectivity index (χ1v) is 14.2. The Balaban J connectivity index is 0.00000133. The molecule has 0 aliphatic carbocycles. The van der Waals surface area contributed by atoms with Crippen LogP contribution in [-0.2, 0) is 33.4 Å². The Bertz CT molecular complexity index is 1430. The average molecular weight is 640 g/mol. The molecule has 0 bridgehead atoms. The number of ether oxygens (including phenoxy) is 2. The van der Waals surface area contributed by atoms with Crippen molar-refractivity contribution in [3.05, 3.63) is 64.5 Å². The standard InChI is InChI=1S/C25H26FN3O12.2C2H6/c26-17-10-14(24(36,37)28-6-8-40-9-7-28)5-4-13(17)12-41-18-3-1-2-15-16(18)11-29(19(15)30)22(33)20(31)27-21(32)23(34,35)25(22,38)39;2*1-2/h1-5,10,33-39H,6-9,11-12H2,(H,27,31,32);2*1-2H3. The zero-order chi connectivity index (χ0) is 34.0. The highest BCUT2D eigenvalue weighted by Gasteiger charge is 2.76. The molecule has 2 saturated heterocycles. The van der Waals surface area contributed by atoms with Gasteiger partial charge < -0.3 is 45.2 Å². The van der Waals surface area contributed by atoms with Crippen molar-refractivity contribution < 1.29 is 64.0 Å². The number of morpholine rings is 1. The van der Waals surface area contributed by atoms with E-state index in [2.05, 4.69) is 0 Å². The van der Waals surface area contributed by atoms with E-state index in [-0.39, 0.29) is 59.2 Å². The van der Waals surface area contributed by atoms with E-state index >= 15 is 0 Å². The molecular formula is C29H38FN3O12. The fourth-order valence-corrected chi connectivity index (χ4v) is 4.94. The van der Waals surface area contributed by atoms with Gasteiger partial charge in [-0.15, -0.1) is 0 Å². The largest absolute Gasteiger partial charge is 0.488 e. The molecule has 45 heavy (non-hydrogen) atoms. The van der Waals surface area contributed by atoms with Crippen molar-refractivity contribution in [1.29, 1.82) is 0 Å². The summed E-state index contributed by atoms with van der Waals surface area (Å²) in [5.74, 6) is -16.6. The van der Waals surface area contributed by atoms with Gasteiger partial charge in [0.25, 0.3) is 35.1 Å². The van der Waals surface area contributed by atoms with Gasteiger partial charge >= 0.3 is 5.79 Å². The maximum atomic E-state index is 15.0. The van der Waals surface area contributed by atoms with Crippen LogP contribution in [0.5, 0.6) is 5.75 Å². The summed E-state index contributed by atoms with van der Waals surface area (Å²) in [5.41, 5.74) is -4.03. The van der Waals surface area contributed by atoms with Gasteiger partial charge in [-0.1, -0.05) is 45.9 Å². The van der Waals surface area contributed by atoms with E-state index in [0.29, 0.717) is 0 Å². The van der Waals surface area contributed by atoms with Crippen molar-refractivity contribution >= 4 is 17.7 Å². The van der Waals surface area contributed by atoms with Gasteiger partial charge in [0.2, 0.25) is 0 Å². The van der Waals surface area contributed by atoms with Crippen molar-refractivity contribution in [2.45, 2.75) is 64.1 Å². The van der Waals surface area contributed by atoms with Crippen LogP contribution >= 0.6 is 0 Å². The Labute approximate surface area is 257 Å². The van der Waals surface area contributed by atoms with Crippen LogP contribution in [0.1, 0.15) is 54.7 Å². The topological polar surface area (TPSA) is 230 Å². The van der Waals surface area contributed by atoms with Crippen LogP contribution in [0, 0.1) is 5.82 Å². The number of piperidine rings is 1. The van der Waals surface area contributed by atoms with E-state index < -0.39 is 59.9 Å². The van der Waals surface area contributed by atoms with Gasteiger partial charge in [-0.05, 0) is 18.2 Å². The minimum absolute atomic E-state index is 0.0100. The zero-order valence-electron chi connectivity index (χ0n) is 25.2. The van der Waals surface area contributed by atoms with E-state index in [4.69, 9.17) is 9.47 Å². The average Bonchev–Trinajstić information content (AvgIpc) is 3.38. The summed E-state index contributed by atoms with van der Waals surface area (Å²) in [6, 6.07) is 7.48. The summed E-state index contributed by atoms with van der Waals surface area (Å²) in [6.45, 7) is 7.84. The molecule has 1 unspecified atom stereocenters. The summed E-state index contributed by atoms with van der Waals surface area (Å²) in [4.78, 5) is 38.9. The van der Waals surface area contributed by atoms with Gasteiger partial charge in [-0.25, -0.2) is 9.29 Å². The lowest BCUT2D eigenvalue weighted by molar-refractivity contribution is -0.407. The minimum Gasteiger partial charge on any atom is -0.488 e. The molecule has 2 aromatic rings. The summed E-state index contributed by atoms with van der Waals surface area (Å²) in [7, 11) is 0. The first-order chi connectivity index (χ1) is 21.1. The van der Waals surface area contributed by atoms with E-state index in [9.17, 15) is 54.5 Å². The highest BCUT2D eigenvalue weighted by atomic mass is 19.1. The molecular weight excluding hydrogens is 601 g/mol. The van der Waals surface area contributed by atoms with Crippen LogP contribution < -0.4 is 10.1 Å². The van der Waals surface area contributed by atoms with E-state index in [1.165, 1.54) is 40.5 Å². The third-order valence-corrected chi connectivity index (χ3v) is 7.42. The number of benzene rings is 2. The van der Waals surface area contributed by atoms with Crippen LogP contribution in [0.15, 0.2) is 36.4 Å². The lowest BCUT2D eigenvalue weighted by atomic mass is 9.86. The Hall–Kier alpha value is -3.58. The monoisotopic (exact) mass is 639 g/mol. The molecule has 1 atom stereocenters. The number of carbonyl (C=O) groups excluding carboxylic acids is 3. The first kappa shape index (κ1) is 35.9. The van der Waals surface area contributed by atoms with E-state index in [1.807, 2.05) is 27.7 Å². The number of imide groups is 1. The van der Waals surface area contributed by atoms with Crippen molar-refractivity contribution in [1.82, 2.24) is 15.1 Å². The van der Waals surface area contributed by atoms with Crippen LogP contribution in [0.2, 0.25) is 0 Å². The predicted molar refractivity (Wildman–Crippen MR) is 151 cm³/mol. The number of halogens is 1. The van der Waals surface area contributed by atoms with Crippen molar-refractivity contribution in [2.24, 2.45) is 0 Å². The summed E-state index contributed by atoms with van der Waals surface area (Å²) in [5, 5.41) is 74.0. The maximum absolute atomic E-state index is 15.0. The number of rotatable bonds is 6. The van der Waals surface area contributed by atoms with Crippen molar-refractivity contribution in [3.8, 4) is 5.75 Å². The molecule has 5 rings (SSSR count). The van der Waals surface area contributed by atoms with Crippen molar-refractivity contribution in [3.63, 3.8) is 0 Å². The summed E-state index contributed by atoms with van der Waals surface area (Å²) in [6.07, 6.45) is 0. The van der Waals surface area contributed by atoms with Crippen LogP contribution in [0.25, 0.3) is 0 Å². The number of amides is 3. The Morgan fingerprint density at radius 1 is 0.956 bits per heavy atom. The molecule has 3 heterocycles. The molecule has 8 N–H and O–H groups in total. The van der Waals surface area contributed by atoms with Crippen LogP contribution in [-0.4, -0.2) is 107 Å². The lowest BCUT2D eigenvalue weighted by Gasteiger charge is -2.50. The van der Waals surface area contributed by atoms with Crippen LogP contribution in [0.3, 0.4) is 0 Å². The van der Waals surface area contributed by atoms with Gasteiger partial charge in [-0.3, -0.25) is 24.6 Å². The molecule has 0 saturated carbocycles. The number of carbonyl (C=O) groups is 3. The first-order valence-electron chi connectivity index (χ1n) is 14.2. The molecule has 16 heteroatoms. The highest BCUT2D eigenvalue weighted by Crippen LogP contribution is 2.42. The molecule has 2 aromatic carbocycles. The Kier molecular flexibility index (Phi) is 10.7. The molecule has 0 spiro atoms. The third kappa shape index (κ3) is 5.92. The Morgan fingerprint density at radius 2 is 1.58 bits per heavy atom.